The van der Waals surface area contributed by atoms with E-state index in [1.807, 2.05) is 0 Å². The molecule has 0 saturated carbocycles. The van der Waals surface area contributed by atoms with Crippen molar-refractivity contribution in [3.05, 3.63) is 24.0 Å². The SMILES string of the molecule is COC(CCCNc1cc(F)ccc1N)OC. The number of rotatable bonds is 7. The van der Waals surface area contributed by atoms with Gasteiger partial charge in [-0.2, -0.15) is 0 Å². The van der Waals surface area contributed by atoms with E-state index < -0.39 is 0 Å². The molecule has 1 aromatic rings. The fourth-order valence-corrected chi connectivity index (χ4v) is 1.51. The minimum Gasteiger partial charge on any atom is -0.397 e. The zero-order valence-corrected chi connectivity index (χ0v) is 10.2. The molecule has 3 N–H and O–H groups in total. The lowest BCUT2D eigenvalue weighted by molar-refractivity contribution is -0.106. The molecule has 0 aliphatic heterocycles. The van der Waals surface area contributed by atoms with E-state index in [9.17, 15) is 4.39 Å². The van der Waals surface area contributed by atoms with Gasteiger partial charge in [-0.05, 0) is 31.0 Å². The van der Waals surface area contributed by atoms with Crippen LogP contribution in [0.25, 0.3) is 0 Å². The van der Waals surface area contributed by atoms with Crippen LogP contribution >= 0.6 is 0 Å². The number of methoxy groups -OCH3 is 2. The summed E-state index contributed by atoms with van der Waals surface area (Å²) in [5, 5.41) is 3.08. The van der Waals surface area contributed by atoms with E-state index in [1.54, 1.807) is 20.3 Å². The molecule has 96 valence electrons. The zero-order valence-electron chi connectivity index (χ0n) is 10.2. The Morgan fingerprint density at radius 3 is 2.71 bits per heavy atom. The fourth-order valence-electron chi connectivity index (χ4n) is 1.51. The average molecular weight is 242 g/mol. The second-order valence-corrected chi connectivity index (χ2v) is 3.70. The minimum absolute atomic E-state index is 0.193. The summed E-state index contributed by atoms with van der Waals surface area (Å²) < 4.78 is 23.1. The van der Waals surface area contributed by atoms with Crippen molar-refractivity contribution in [3.63, 3.8) is 0 Å². The largest absolute Gasteiger partial charge is 0.397 e. The summed E-state index contributed by atoms with van der Waals surface area (Å²) in [5.41, 5.74) is 6.87. The number of halogens is 1. The van der Waals surface area contributed by atoms with E-state index >= 15 is 0 Å². The second-order valence-electron chi connectivity index (χ2n) is 3.70. The number of ether oxygens (including phenoxy) is 2. The second kappa shape index (κ2) is 7.09. The molecule has 0 saturated heterocycles. The maximum absolute atomic E-state index is 13.0. The Morgan fingerprint density at radius 2 is 2.06 bits per heavy atom. The van der Waals surface area contributed by atoms with Gasteiger partial charge in [0.25, 0.3) is 0 Å². The van der Waals surface area contributed by atoms with Gasteiger partial charge in [0, 0.05) is 20.8 Å². The van der Waals surface area contributed by atoms with Crippen LogP contribution in [0.2, 0.25) is 0 Å². The summed E-state index contributed by atoms with van der Waals surface area (Å²) in [7, 11) is 3.21. The number of nitrogens with two attached hydrogens (primary N) is 1. The molecule has 17 heavy (non-hydrogen) atoms. The van der Waals surface area contributed by atoms with Gasteiger partial charge in [-0.1, -0.05) is 0 Å². The first-order chi connectivity index (χ1) is 8.17. The number of anilines is 2. The summed E-state index contributed by atoms with van der Waals surface area (Å²) in [6.45, 7) is 0.691. The highest BCUT2D eigenvalue weighted by atomic mass is 19.1. The predicted octanol–water partition coefficient (Wildman–Crippen LogP) is 2.22. The monoisotopic (exact) mass is 242 g/mol. The number of nitrogens with one attached hydrogen (secondary N) is 1. The van der Waals surface area contributed by atoms with Gasteiger partial charge in [0.05, 0.1) is 11.4 Å². The highest BCUT2D eigenvalue weighted by Crippen LogP contribution is 2.19. The van der Waals surface area contributed by atoms with Crippen LogP contribution in [0.4, 0.5) is 15.8 Å². The van der Waals surface area contributed by atoms with Crippen molar-refractivity contribution in [2.45, 2.75) is 19.1 Å². The number of benzene rings is 1. The van der Waals surface area contributed by atoms with Gasteiger partial charge in [0.15, 0.2) is 6.29 Å². The normalized spacial score (nSPS) is 10.8. The molecule has 1 rings (SSSR count). The molecule has 0 atom stereocenters. The highest BCUT2D eigenvalue weighted by Gasteiger charge is 2.04. The highest BCUT2D eigenvalue weighted by molar-refractivity contribution is 5.65. The van der Waals surface area contributed by atoms with Crippen molar-refractivity contribution < 1.29 is 13.9 Å². The van der Waals surface area contributed by atoms with Crippen LogP contribution in [0.3, 0.4) is 0 Å². The summed E-state index contributed by atoms with van der Waals surface area (Å²) in [6, 6.07) is 4.27. The first kappa shape index (κ1) is 13.7. The van der Waals surface area contributed by atoms with E-state index in [1.165, 1.54) is 12.1 Å². The van der Waals surface area contributed by atoms with Crippen LogP contribution in [0.1, 0.15) is 12.8 Å². The Kier molecular flexibility index (Phi) is 5.72. The molecular weight excluding hydrogens is 223 g/mol. The quantitative estimate of drug-likeness (QED) is 0.437. The van der Waals surface area contributed by atoms with Crippen molar-refractivity contribution in [2.24, 2.45) is 0 Å². The van der Waals surface area contributed by atoms with Gasteiger partial charge in [-0.3, -0.25) is 0 Å². The topological polar surface area (TPSA) is 56.5 Å². The van der Waals surface area contributed by atoms with Crippen LogP contribution in [0.5, 0.6) is 0 Å². The molecule has 0 amide bonds. The zero-order chi connectivity index (χ0) is 12.7. The van der Waals surface area contributed by atoms with E-state index in [4.69, 9.17) is 15.2 Å². The molecule has 5 heteroatoms. The van der Waals surface area contributed by atoms with Crippen molar-refractivity contribution in [1.82, 2.24) is 0 Å². The van der Waals surface area contributed by atoms with Gasteiger partial charge < -0.3 is 20.5 Å². The average Bonchev–Trinajstić information content (AvgIpc) is 2.33. The third-order valence-corrected chi connectivity index (χ3v) is 2.47. The number of hydrogen-bond acceptors (Lipinski definition) is 4. The van der Waals surface area contributed by atoms with Crippen LogP contribution in [0, 0.1) is 5.82 Å². The van der Waals surface area contributed by atoms with Gasteiger partial charge in [-0.25, -0.2) is 4.39 Å². The summed E-state index contributed by atoms with van der Waals surface area (Å²) in [5.74, 6) is -0.298. The lowest BCUT2D eigenvalue weighted by Gasteiger charge is -2.14. The van der Waals surface area contributed by atoms with Crippen molar-refractivity contribution >= 4 is 11.4 Å². The molecule has 1 aromatic carbocycles. The van der Waals surface area contributed by atoms with Crippen LogP contribution in [-0.2, 0) is 9.47 Å². The Balaban J connectivity index is 2.33. The fraction of sp³-hybridized carbons (Fsp3) is 0.500. The molecule has 0 unspecified atom stereocenters. The first-order valence-corrected chi connectivity index (χ1v) is 5.52. The summed E-state index contributed by atoms with van der Waals surface area (Å²) in [6.07, 6.45) is 1.43. The number of nitrogen functional groups attached to an aromatic ring is 1. The third kappa shape index (κ3) is 4.58. The Morgan fingerprint density at radius 1 is 1.35 bits per heavy atom. The van der Waals surface area contributed by atoms with Crippen molar-refractivity contribution in [2.75, 3.05) is 31.8 Å². The Hall–Kier alpha value is -1.33. The lowest BCUT2D eigenvalue weighted by atomic mass is 10.2. The molecule has 0 fully saturated rings. The number of hydrogen-bond donors (Lipinski definition) is 2. The minimum atomic E-state index is -0.298. The molecule has 0 aromatic heterocycles. The molecule has 0 bridgehead atoms. The van der Waals surface area contributed by atoms with Crippen molar-refractivity contribution in [1.29, 1.82) is 0 Å². The molecule has 0 aliphatic rings. The Bertz CT molecular complexity index is 343. The molecule has 0 spiro atoms. The first-order valence-electron chi connectivity index (χ1n) is 5.52. The lowest BCUT2D eigenvalue weighted by Crippen LogP contribution is -2.15. The summed E-state index contributed by atoms with van der Waals surface area (Å²) >= 11 is 0. The van der Waals surface area contributed by atoms with Crippen LogP contribution in [-0.4, -0.2) is 27.1 Å². The van der Waals surface area contributed by atoms with Gasteiger partial charge >= 0.3 is 0 Å². The van der Waals surface area contributed by atoms with E-state index in [0.717, 1.165) is 12.8 Å². The van der Waals surface area contributed by atoms with Crippen LogP contribution in [0.15, 0.2) is 18.2 Å². The molecule has 0 aliphatic carbocycles. The predicted molar refractivity (Wildman–Crippen MR) is 66.3 cm³/mol. The van der Waals surface area contributed by atoms with Gasteiger partial charge in [-0.15, -0.1) is 0 Å². The maximum atomic E-state index is 13.0. The van der Waals surface area contributed by atoms with E-state index in [-0.39, 0.29) is 12.1 Å². The smallest absolute Gasteiger partial charge is 0.156 e. The van der Waals surface area contributed by atoms with E-state index in [0.29, 0.717) is 17.9 Å². The standard InChI is InChI=1S/C12H19FN2O2/c1-16-12(17-2)4-3-7-15-11-8-9(13)5-6-10(11)14/h5-6,8,12,15H,3-4,7,14H2,1-2H3. The summed E-state index contributed by atoms with van der Waals surface area (Å²) in [4.78, 5) is 0. The Labute approximate surface area is 101 Å². The third-order valence-electron chi connectivity index (χ3n) is 2.47. The maximum Gasteiger partial charge on any atom is 0.156 e. The molecular formula is C12H19FN2O2. The van der Waals surface area contributed by atoms with E-state index in [2.05, 4.69) is 5.32 Å². The molecule has 4 nitrogen and oxygen atoms in total. The van der Waals surface area contributed by atoms with Crippen molar-refractivity contribution in [3.8, 4) is 0 Å². The molecule has 0 radical (unpaired) electrons. The van der Waals surface area contributed by atoms with Crippen LogP contribution < -0.4 is 11.1 Å². The van der Waals surface area contributed by atoms with Gasteiger partial charge in [0.1, 0.15) is 5.82 Å². The molecule has 0 heterocycles. The van der Waals surface area contributed by atoms with Gasteiger partial charge in [0.2, 0.25) is 0 Å².